The first-order chi connectivity index (χ1) is 10.1. The number of piperidine rings is 1. The molecule has 3 N–H and O–H groups in total. The summed E-state index contributed by atoms with van der Waals surface area (Å²) in [5, 5.41) is 8.86. The van der Waals surface area contributed by atoms with Crippen molar-refractivity contribution < 1.29 is 14.7 Å². The van der Waals surface area contributed by atoms with Crippen LogP contribution in [0.25, 0.3) is 0 Å². The Morgan fingerprint density at radius 1 is 1.33 bits per heavy atom. The molecule has 1 aliphatic heterocycles. The van der Waals surface area contributed by atoms with Crippen molar-refractivity contribution in [2.24, 2.45) is 5.92 Å². The molecule has 1 fully saturated rings. The largest absolute Gasteiger partial charge is 0.481 e. The highest BCUT2D eigenvalue weighted by Gasteiger charge is 2.24. The molecule has 1 aromatic rings. The lowest BCUT2D eigenvalue weighted by Crippen LogP contribution is -2.40. The third kappa shape index (κ3) is 4.48. The van der Waals surface area contributed by atoms with Crippen molar-refractivity contribution in [1.82, 2.24) is 4.90 Å². The molecule has 0 aliphatic carbocycles. The van der Waals surface area contributed by atoms with E-state index >= 15 is 0 Å². The van der Waals surface area contributed by atoms with Crippen molar-refractivity contribution in [2.45, 2.75) is 32.1 Å². The molecule has 1 amide bonds. The van der Waals surface area contributed by atoms with Crippen LogP contribution in [0.3, 0.4) is 0 Å². The van der Waals surface area contributed by atoms with Gasteiger partial charge in [-0.25, -0.2) is 0 Å². The fraction of sp³-hybridized carbons (Fsp3) is 0.500. The van der Waals surface area contributed by atoms with E-state index in [1.54, 1.807) is 4.90 Å². The predicted molar refractivity (Wildman–Crippen MR) is 80.7 cm³/mol. The van der Waals surface area contributed by atoms with Crippen molar-refractivity contribution in [3.63, 3.8) is 0 Å². The zero-order chi connectivity index (χ0) is 15.2. The molecule has 2 rings (SSSR count). The second-order valence-electron chi connectivity index (χ2n) is 5.64. The maximum atomic E-state index is 12.3. The van der Waals surface area contributed by atoms with Crippen molar-refractivity contribution in [1.29, 1.82) is 0 Å². The molecule has 0 saturated carbocycles. The molecule has 114 valence electrons. The van der Waals surface area contributed by atoms with Crippen molar-refractivity contribution in [3.05, 3.63) is 29.8 Å². The highest BCUT2D eigenvalue weighted by Crippen LogP contribution is 2.21. The monoisotopic (exact) mass is 290 g/mol. The van der Waals surface area contributed by atoms with E-state index in [1.165, 1.54) is 0 Å². The van der Waals surface area contributed by atoms with Crippen molar-refractivity contribution >= 4 is 17.6 Å². The topological polar surface area (TPSA) is 83.6 Å². The van der Waals surface area contributed by atoms with Gasteiger partial charge in [0.05, 0.1) is 0 Å². The van der Waals surface area contributed by atoms with Gasteiger partial charge in [0, 0.05) is 31.6 Å². The first kappa shape index (κ1) is 15.4. The number of nitrogens with zero attached hydrogens (tertiary/aromatic N) is 1. The number of para-hydroxylation sites is 1. The van der Waals surface area contributed by atoms with Crippen LogP contribution in [-0.4, -0.2) is 35.0 Å². The van der Waals surface area contributed by atoms with Crippen LogP contribution >= 0.6 is 0 Å². The molecular formula is C16H22N2O3. The first-order valence-corrected chi connectivity index (χ1v) is 7.39. The second-order valence-corrected chi connectivity index (χ2v) is 5.64. The van der Waals surface area contributed by atoms with E-state index in [0.717, 1.165) is 24.9 Å². The van der Waals surface area contributed by atoms with E-state index in [1.807, 2.05) is 24.3 Å². The minimum Gasteiger partial charge on any atom is -0.481 e. The number of carbonyl (C=O) groups is 2. The van der Waals surface area contributed by atoms with Gasteiger partial charge in [0.1, 0.15) is 0 Å². The number of anilines is 1. The van der Waals surface area contributed by atoms with Crippen LogP contribution in [0.4, 0.5) is 5.69 Å². The Morgan fingerprint density at radius 2 is 2.10 bits per heavy atom. The summed E-state index contributed by atoms with van der Waals surface area (Å²) in [6, 6.07) is 7.57. The number of aryl methyl sites for hydroxylation is 1. The van der Waals surface area contributed by atoms with Gasteiger partial charge in [0.2, 0.25) is 5.91 Å². The number of amides is 1. The maximum Gasteiger partial charge on any atom is 0.303 e. The number of nitrogen functional groups attached to an aromatic ring is 1. The number of likely N-dealkylation sites (tertiary alicyclic amines) is 1. The molecule has 1 aromatic carbocycles. The number of aliphatic carboxylic acids is 1. The van der Waals surface area contributed by atoms with Gasteiger partial charge >= 0.3 is 5.97 Å². The van der Waals surface area contributed by atoms with E-state index in [0.29, 0.717) is 25.1 Å². The molecule has 0 spiro atoms. The van der Waals surface area contributed by atoms with E-state index in [2.05, 4.69) is 0 Å². The lowest BCUT2D eigenvalue weighted by molar-refractivity contribution is -0.140. The molecule has 0 radical (unpaired) electrons. The number of hydrogen-bond acceptors (Lipinski definition) is 3. The van der Waals surface area contributed by atoms with Gasteiger partial charge in [-0.05, 0) is 36.8 Å². The quantitative estimate of drug-likeness (QED) is 0.811. The Morgan fingerprint density at radius 3 is 2.81 bits per heavy atom. The summed E-state index contributed by atoms with van der Waals surface area (Å²) in [6.07, 6.45) is 2.98. The molecule has 0 aromatic heterocycles. The number of benzene rings is 1. The standard InChI is InChI=1S/C16H22N2O3/c17-14-6-2-1-5-13(14)7-8-15(19)18-9-3-4-12(11-18)10-16(20)21/h1-2,5-6,12H,3-4,7-11,17H2,(H,20,21). The molecule has 1 saturated heterocycles. The molecule has 21 heavy (non-hydrogen) atoms. The fourth-order valence-corrected chi connectivity index (χ4v) is 2.87. The number of hydrogen-bond donors (Lipinski definition) is 2. The number of carboxylic acid groups (broad SMARTS) is 1. The molecule has 0 bridgehead atoms. The summed E-state index contributed by atoms with van der Waals surface area (Å²) in [6.45, 7) is 1.30. The first-order valence-electron chi connectivity index (χ1n) is 7.39. The molecular weight excluding hydrogens is 268 g/mol. The SMILES string of the molecule is Nc1ccccc1CCC(=O)N1CCCC(CC(=O)O)C1. The average Bonchev–Trinajstić information content (AvgIpc) is 2.45. The molecule has 1 unspecified atom stereocenters. The van der Waals surface area contributed by atoms with Crippen LogP contribution in [0.2, 0.25) is 0 Å². The van der Waals surface area contributed by atoms with Gasteiger partial charge in [0.15, 0.2) is 0 Å². The minimum absolute atomic E-state index is 0.0852. The van der Waals surface area contributed by atoms with Gasteiger partial charge in [-0.15, -0.1) is 0 Å². The van der Waals surface area contributed by atoms with Crippen LogP contribution in [0.15, 0.2) is 24.3 Å². The summed E-state index contributed by atoms with van der Waals surface area (Å²) in [7, 11) is 0. The lowest BCUT2D eigenvalue weighted by atomic mass is 9.94. The molecule has 1 aliphatic rings. The molecule has 5 heteroatoms. The van der Waals surface area contributed by atoms with Gasteiger partial charge in [-0.1, -0.05) is 18.2 Å². The van der Waals surface area contributed by atoms with E-state index in [9.17, 15) is 9.59 Å². The molecule has 5 nitrogen and oxygen atoms in total. The lowest BCUT2D eigenvalue weighted by Gasteiger charge is -2.32. The zero-order valence-electron chi connectivity index (χ0n) is 12.1. The van der Waals surface area contributed by atoms with E-state index in [-0.39, 0.29) is 18.2 Å². The van der Waals surface area contributed by atoms with E-state index < -0.39 is 5.97 Å². The van der Waals surface area contributed by atoms with Gasteiger partial charge in [0.25, 0.3) is 0 Å². The van der Waals surface area contributed by atoms with Crippen molar-refractivity contribution in [3.8, 4) is 0 Å². The predicted octanol–water partition coefficient (Wildman–Crippen LogP) is 1.91. The van der Waals surface area contributed by atoms with Crippen LogP contribution < -0.4 is 5.73 Å². The summed E-state index contributed by atoms with van der Waals surface area (Å²) >= 11 is 0. The average molecular weight is 290 g/mol. The van der Waals surface area contributed by atoms with Gasteiger partial charge < -0.3 is 15.7 Å². The summed E-state index contributed by atoms with van der Waals surface area (Å²) in [4.78, 5) is 24.8. The number of carbonyl (C=O) groups excluding carboxylic acids is 1. The summed E-state index contributed by atoms with van der Waals surface area (Å²) in [5.41, 5.74) is 7.58. The fourth-order valence-electron chi connectivity index (χ4n) is 2.87. The highest BCUT2D eigenvalue weighted by atomic mass is 16.4. The van der Waals surface area contributed by atoms with Crippen LogP contribution in [0.5, 0.6) is 0 Å². The summed E-state index contributed by atoms with van der Waals surface area (Å²) < 4.78 is 0. The minimum atomic E-state index is -0.786. The highest BCUT2D eigenvalue weighted by molar-refractivity contribution is 5.77. The van der Waals surface area contributed by atoms with Crippen LogP contribution in [0, 0.1) is 5.92 Å². The summed E-state index contributed by atoms with van der Waals surface area (Å²) in [5.74, 6) is -0.610. The van der Waals surface area contributed by atoms with Crippen LogP contribution in [0.1, 0.15) is 31.2 Å². The Balaban J connectivity index is 1.85. The van der Waals surface area contributed by atoms with Gasteiger partial charge in [-0.3, -0.25) is 9.59 Å². The smallest absolute Gasteiger partial charge is 0.303 e. The molecule has 1 atom stereocenters. The maximum absolute atomic E-state index is 12.3. The second kappa shape index (κ2) is 7.11. The Kier molecular flexibility index (Phi) is 5.20. The molecule has 1 heterocycles. The number of nitrogens with two attached hydrogens (primary N) is 1. The van der Waals surface area contributed by atoms with E-state index in [4.69, 9.17) is 10.8 Å². The Labute approximate surface area is 124 Å². The zero-order valence-corrected chi connectivity index (χ0v) is 12.1. The third-order valence-corrected chi connectivity index (χ3v) is 4.00. The van der Waals surface area contributed by atoms with Gasteiger partial charge in [-0.2, -0.15) is 0 Å². The Hall–Kier alpha value is -2.04. The number of carboxylic acids is 1. The normalized spacial score (nSPS) is 18.5. The Bertz CT molecular complexity index is 516. The third-order valence-electron chi connectivity index (χ3n) is 4.00. The number of rotatable bonds is 5. The van der Waals surface area contributed by atoms with Crippen molar-refractivity contribution in [2.75, 3.05) is 18.8 Å². The van der Waals surface area contributed by atoms with Crippen LogP contribution in [-0.2, 0) is 16.0 Å².